The fourth-order valence-electron chi connectivity index (χ4n) is 0.532. The van der Waals surface area contributed by atoms with E-state index < -0.39 is 0 Å². The molecule has 0 aliphatic carbocycles. The van der Waals surface area contributed by atoms with Gasteiger partial charge in [0.2, 0.25) is 0 Å². The van der Waals surface area contributed by atoms with Gasteiger partial charge in [-0.25, -0.2) is 0 Å². The topological polar surface area (TPSA) is 27.7 Å². The van der Waals surface area contributed by atoms with Crippen LogP contribution in [0, 0.1) is 0 Å². The van der Waals surface area contributed by atoms with Gasteiger partial charge in [0.1, 0.15) is 0 Å². The maximum atomic E-state index is 5.40. The number of rotatable bonds is 4. The van der Waals surface area contributed by atoms with Crippen LogP contribution >= 0.6 is 0 Å². The highest BCUT2D eigenvalue weighted by molar-refractivity contribution is 6.18. The van der Waals surface area contributed by atoms with Gasteiger partial charge in [-0.3, -0.25) is 0 Å². The lowest BCUT2D eigenvalue weighted by Crippen LogP contribution is -2.23. The quantitative estimate of drug-likeness (QED) is 0.517. The van der Waals surface area contributed by atoms with Crippen LogP contribution < -0.4 is 0 Å². The number of allylic oxidation sites excluding steroid dienone is 1. The fourth-order valence-corrected chi connectivity index (χ4v) is 1.19. The molecule has 4 heteroatoms. The molecule has 0 aliphatic rings. The summed E-state index contributed by atoms with van der Waals surface area (Å²) in [5.41, 5.74) is 0.839. The van der Waals surface area contributed by atoms with Gasteiger partial charge in [-0.15, -0.1) is 0 Å². The average Bonchev–Trinajstić information content (AvgIpc) is 1.95. The molecule has 0 aromatic heterocycles. The van der Waals surface area contributed by atoms with Crippen LogP contribution in [0.1, 0.15) is 34.6 Å². The van der Waals surface area contributed by atoms with E-state index >= 15 is 0 Å². The summed E-state index contributed by atoms with van der Waals surface area (Å²) in [6.07, 6.45) is 0. The maximum absolute atomic E-state index is 5.40. The zero-order chi connectivity index (χ0) is 10.5. The number of hydrogen-bond acceptors (Lipinski definition) is 3. The van der Waals surface area contributed by atoms with Gasteiger partial charge in [-0.2, -0.15) is 0 Å². The van der Waals surface area contributed by atoms with Gasteiger partial charge in [0.05, 0.1) is 12.7 Å². The normalized spacial score (nSPS) is 10.9. The highest BCUT2D eigenvalue weighted by atomic mass is 28.3. The summed E-state index contributed by atoms with van der Waals surface area (Å²) in [4.78, 5) is 0. The molecular weight excluding hydrogens is 184 g/mol. The Morgan fingerprint density at radius 3 is 2.00 bits per heavy atom. The lowest BCUT2D eigenvalue weighted by atomic mass is 10.2. The molecular formula is C9H18O3Si. The largest absolute Gasteiger partial charge is 0.523 e. The lowest BCUT2D eigenvalue weighted by Gasteiger charge is -2.19. The van der Waals surface area contributed by atoms with Crippen LogP contribution in [-0.4, -0.2) is 22.7 Å². The Labute approximate surface area is 83.1 Å². The Hall–Kier alpha value is -0.483. The van der Waals surface area contributed by atoms with Crippen LogP contribution in [0.4, 0.5) is 0 Å². The zero-order valence-electron chi connectivity index (χ0n) is 9.22. The van der Waals surface area contributed by atoms with Gasteiger partial charge >= 0.3 is 10.0 Å². The fraction of sp³-hybridized carbons (Fsp3) is 0.778. The van der Waals surface area contributed by atoms with Crippen LogP contribution in [-0.2, 0) is 13.6 Å². The Bertz CT molecular complexity index is 178. The second kappa shape index (κ2) is 5.29. The molecule has 0 saturated heterocycles. The van der Waals surface area contributed by atoms with Crippen molar-refractivity contribution in [3.8, 4) is 0 Å². The molecule has 0 saturated carbocycles. The first-order valence-electron chi connectivity index (χ1n) is 4.18. The highest BCUT2D eigenvalue weighted by Crippen LogP contribution is 2.09. The van der Waals surface area contributed by atoms with E-state index in [1.165, 1.54) is 0 Å². The Morgan fingerprint density at radius 2 is 1.69 bits per heavy atom. The van der Waals surface area contributed by atoms with Gasteiger partial charge in [-0.05, 0) is 34.6 Å². The molecule has 2 radical (unpaired) electrons. The van der Waals surface area contributed by atoms with Crippen molar-refractivity contribution in [2.75, 3.05) is 7.11 Å². The van der Waals surface area contributed by atoms with E-state index in [0.717, 1.165) is 5.57 Å². The van der Waals surface area contributed by atoms with Crippen LogP contribution in [0.25, 0.3) is 0 Å². The molecule has 0 fully saturated rings. The zero-order valence-corrected chi connectivity index (χ0v) is 10.2. The van der Waals surface area contributed by atoms with Crippen LogP contribution in [0.3, 0.4) is 0 Å². The number of hydrogen-bond donors (Lipinski definition) is 0. The van der Waals surface area contributed by atoms with Crippen LogP contribution in [0.2, 0.25) is 0 Å². The van der Waals surface area contributed by atoms with E-state index in [0.29, 0.717) is 5.95 Å². The van der Waals surface area contributed by atoms with Gasteiger partial charge in [0.25, 0.3) is 5.95 Å². The molecule has 0 unspecified atom stereocenters. The molecule has 13 heavy (non-hydrogen) atoms. The van der Waals surface area contributed by atoms with Crippen molar-refractivity contribution >= 4 is 10.0 Å². The van der Waals surface area contributed by atoms with Crippen molar-refractivity contribution in [2.45, 2.75) is 40.2 Å². The molecule has 0 N–H and O–H groups in total. The van der Waals surface area contributed by atoms with Gasteiger partial charge in [-0.1, -0.05) is 0 Å². The predicted octanol–water partition coefficient (Wildman–Crippen LogP) is 2.25. The van der Waals surface area contributed by atoms with Crippen molar-refractivity contribution < 1.29 is 13.6 Å². The Balaban J connectivity index is 3.83. The van der Waals surface area contributed by atoms with Crippen molar-refractivity contribution in [3.63, 3.8) is 0 Å². The second-order valence-corrected chi connectivity index (χ2v) is 4.47. The first-order chi connectivity index (χ1) is 5.87. The minimum absolute atomic E-state index is 0.0193. The molecule has 0 aromatic carbocycles. The maximum Gasteiger partial charge on any atom is 0.523 e. The Kier molecular flexibility index (Phi) is 5.09. The monoisotopic (exact) mass is 202 g/mol. The molecule has 3 nitrogen and oxygen atoms in total. The third-order valence-electron chi connectivity index (χ3n) is 1.08. The second-order valence-electron chi connectivity index (χ2n) is 3.89. The van der Waals surface area contributed by atoms with Gasteiger partial charge < -0.3 is 13.6 Å². The molecule has 0 rings (SSSR count). The summed E-state index contributed by atoms with van der Waals surface area (Å²) < 4.78 is 15.7. The highest BCUT2D eigenvalue weighted by Gasteiger charge is 2.13. The molecule has 0 atom stereocenters. The third-order valence-corrected chi connectivity index (χ3v) is 2.04. The van der Waals surface area contributed by atoms with E-state index in [9.17, 15) is 0 Å². The van der Waals surface area contributed by atoms with Crippen molar-refractivity contribution in [1.29, 1.82) is 0 Å². The molecule has 0 heterocycles. The third kappa shape index (κ3) is 6.66. The van der Waals surface area contributed by atoms with E-state index in [4.69, 9.17) is 13.6 Å². The summed E-state index contributed by atoms with van der Waals surface area (Å²) in [7, 11) is 1.57. The van der Waals surface area contributed by atoms with E-state index in [-0.39, 0.29) is 15.6 Å². The molecule has 76 valence electrons. The average molecular weight is 202 g/mol. The number of ether oxygens (including phenoxy) is 1. The summed E-state index contributed by atoms with van der Waals surface area (Å²) in [6, 6.07) is 0. The summed E-state index contributed by atoms with van der Waals surface area (Å²) in [5.74, 6) is 0.544. The van der Waals surface area contributed by atoms with E-state index in [1.54, 1.807) is 7.11 Å². The lowest BCUT2D eigenvalue weighted by molar-refractivity contribution is 0.0763. The molecule has 0 bridgehead atoms. The summed E-state index contributed by atoms with van der Waals surface area (Å²) in [5, 5.41) is 0. The first-order valence-corrected chi connectivity index (χ1v) is 5.00. The predicted molar refractivity (Wildman–Crippen MR) is 53.1 cm³/mol. The summed E-state index contributed by atoms with van der Waals surface area (Å²) in [6.45, 7) is 9.82. The number of methoxy groups -OCH3 is 1. The molecule has 0 amide bonds. The minimum Gasteiger partial charge on any atom is -0.490 e. The Morgan fingerprint density at radius 1 is 1.15 bits per heavy atom. The van der Waals surface area contributed by atoms with Crippen molar-refractivity contribution in [1.82, 2.24) is 0 Å². The summed E-state index contributed by atoms with van der Waals surface area (Å²) >= 11 is 0. The van der Waals surface area contributed by atoms with Gasteiger partial charge in [0, 0.05) is 5.57 Å². The molecule has 0 spiro atoms. The smallest absolute Gasteiger partial charge is 0.490 e. The van der Waals surface area contributed by atoms with Crippen LogP contribution in [0.15, 0.2) is 11.5 Å². The standard InChI is InChI=1S/C9H18O3Si/c1-7(2)8(10-6)11-13-12-9(3,4)5/h1-6H3. The van der Waals surface area contributed by atoms with Gasteiger partial charge in [0.15, 0.2) is 0 Å². The molecule has 0 aromatic rings. The first kappa shape index (κ1) is 12.5. The van der Waals surface area contributed by atoms with E-state index in [1.807, 2.05) is 34.6 Å². The van der Waals surface area contributed by atoms with Crippen LogP contribution in [0.5, 0.6) is 0 Å². The van der Waals surface area contributed by atoms with E-state index in [2.05, 4.69) is 0 Å². The van der Waals surface area contributed by atoms with Crippen molar-refractivity contribution in [3.05, 3.63) is 11.5 Å². The SMILES string of the molecule is COC(O[Si]OC(C)(C)C)=C(C)C. The molecule has 0 aliphatic heterocycles. The van der Waals surface area contributed by atoms with Crippen molar-refractivity contribution in [2.24, 2.45) is 0 Å². The minimum atomic E-state index is -0.168.